The van der Waals surface area contributed by atoms with Crippen LogP contribution in [0, 0.1) is 11.8 Å². The predicted octanol–water partition coefficient (Wildman–Crippen LogP) is 2.06. The van der Waals surface area contributed by atoms with Crippen LogP contribution in [-0.4, -0.2) is 40.1 Å². The van der Waals surface area contributed by atoms with Crippen LogP contribution in [0.2, 0.25) is 0 Å². The summed E-state index contributed by atoms with van der Waals surface area (Å²) >= 11 is 3.47. The summed E-state index contributed by atoms with van der Waals surface area (Å²) in [5, 5.41) is 18.3. The molecule has 1 aliphatic rings. The van der Waals surface area contributed by atoms with Gasteiger partial charge in [-0.1, -0.05) is 34.1 Å². The van der Waals surface area contributed by atoms with Gasteiger partial charge in [0.2, 0.25) is 0 Å². The zero-order valence-corrected chi connectivity index (χ0v) is 12.4. The first kappa shape index (κ1) is 15.0. The van der Waals surface area contributed by atoms with Gasteiger partial charge in [-0.2, -0.15) is 0 Å². The first-order valence-electron chi connectivity index (χ1n) is 6.40. The molecule has 1 aromatic rings. The molecule has 2 unspecified atom stereocenters. The molecule has 1 fully saturated rings. The second kappa shape index (κ2) is 6.37. The lowest BCUT2D eigenvalue weighted by molar-refractivity contribution is -0.157. The summed E-state index contributed by atoms with van der Waals surface area (Å²) in [6.45, 7) is 1.49. The van der Waals surface area contributed by atoms with Crippen molar-refractivity contribution in [2.45, 2.75) is 13.0 Å². The Morgan fingerprint density at radius 2 is 1.85 bits per heavy atom. The quantitative estimate of drug-likeness (QED) is 0.876. The largest absolute Gasteiger partial charge is 0.481 e. The molecule has 1 aromatic carbocycles. The second-order valence-electron chi connectivity index (χ2n) is 5.00. The van der Waals surface area contributed by atoms with E-state index >= 15 is 0 Å². The molecule has 1 aliphatic heterocycles. The molecule has 6 heteroatoms. The van der Waals surface area contributed by atoms with Gasteiger partial charge in [-0.25, -0.2) is 0 Å². The standard InChI is InChI=1S/C14H16BrNO4/c15-12-4-2-1-3-9(12)7-16-6-5-10(13(17)18)11(8-16)14(19)20/h1-4,10-11H,5-8H2,(H,17,18)(H,19,20). The van der Waals surface area contributed by atoms with Crippen molar-refractivity contribution in [3.8, 4) is 0 Å². The van der Waals surface area contributed by atoms with Crippen molar-refractivity contribution in [3.63, 3.8) is 0 Å². The zero-order valence-electron chi connectivity index (χ0n) is 10.8. The topological polar surface area (TPSA) is 77.8 Å². The number of likely N-dealkylation sites (tertiary alicyclic amines) is 1. The molecule has 0 radical (unpaired) electrons. The molecule has 20 heavy (non-hydrogen) atoms. The lowest BCUT2D eigenvalue weighted by Crippen LogP contribution is -2.46. The highest BCUT2D eigenvalue weighted by molar-refractivity contribution is 9.10. The van der Waals surface area contributed by atoms with Crippen molar-refractivity contribution in [2.75, 3.05) is 13.1 Å². The Morgan fingerprint density at radius 3 is 2.45 bits per heavy atom. The van der Waals surface area contributed by atoms with Gasteiger partial charge in [-0.15, -0.1) is 0 Å². The number of hydrogen-bond acceptors (Lipinski definition) is 3. The van der Waals surface area contributed by atoms with Crippen LogP contribution in [0.5, 0.6) is 0 Å². The first-order valence-corrected chi connectivity index (χ1v) is 7.19. The number of benzene rings is 1. The van der Waals surface area contributed by atoms with Gasteiger partial charge in [-0.3, -0.25) is 14.5 Å². The first-order chi connectivity index (χ1) is 9.49. The summed E-state index contributed by atoms with van der Waals surface area (Å²) in [6, 6.07) is 7.76. The predicted molar refractivity (Wildman–Crippen MR) is 76.3 cm³/mol. The van der Waals surface area contributed by atoms with E-state index in [0.29, 0.717) is 19.5 Å². The highest BCUT2D eigenvalue weighted by Gasteiger charge is 2.38. The molecule has 2 atom stereocenters. The Balaban J connectivity index is 2.07. The van der Waals surface area contributed by atoms with Gasteiger partial charge in [0.25, 0.3) is 0 Å². The van der Waals surface area contributed by atoms with Crippen molar-refractivity contribution >= 4 is 27.9 Å². The van der Waals surface area contributed by atoms with E-state index in [2.05, 4.69) is 15.9 Å². The number of rotatable bonds is 4. The fraction of sp³-hybridized carbons (Fsp3) is 0.429. The van der Waals surface area contributed by atoms with Gasteiger partial charge in [-0.05, 0) is 24.6 Å². The summed E-state index contributed by atoms with van der Waals surface area (Å²) in [6.07, 6.45) is 0.372. The number of carboxylic acid groups (broad SMARTS) is 2. The van der Waals surface area contributed by atoms with Crippen molar-refractivity contribution in [3.05, 3.63) is 34.3 Å². The van der Waals surface area contributed by atoms with E-state index in [0.717, 1.165) is 10.0 Å². The minimum atomic E-state index is -1.03. The summed E-state index contributed by atoms with van der Waals surface area (Å²) < 4.78 is 0.979. The van der Waals surface area contributed by atoms with Gasteiger partial charge in [0, 0.05) is 17.6 Å². The Morgan fingerprint density at radius 1 is 1.20 bits per heavy atom. The van der Waals surface area contributed by atoms with Gasteiger partial charge in [0.15, 0.2) is 0 Å². The number of carboxylic acids is 2. The third-order valence-electron chi connectivity index (χ3n) is 3.68. The summed E-state index contributed by atoms with van der Waals surface area (Å²) in [5.41, 5.74) is 1.07. The third-order valence-corrected chi connectivity index (χ3v) is 4.46. The highest BCUT2D eigenvalue weighted by atomic mass is 79.9. The van der Waals surface area contributed by atoms with Crippen LogP contribution in [0.3, 0.4) is 0 Å². The van der Waals surface area contributed by atoms with Gasteiger partial charge in [0.05, 0.1) is 11.8 Å². The molecular formula is C14H16BrNO4. The maximum atomic E-state index is 11.2. The number of aliphatic carboxylic acids is 2. The van der Waals surface area contributed by atoms with Crippen LogP contribution >= 0.6 is 15.9 Å². The SMILES string of the molecule is O=C(O)C1CCN(Cc2ccccc2Br)CC1C(=O)O. The van der Waals surface area contributed by atoms with Gasteiger partial charge >= 0.3 is 11.9 Å². The number of hydrogen-bond donors (Lipinski definition) is 2. The van der Waals surface area contributed by atoms with Crippen molar-refractivity contribution in [1.29, 1.82) is 0 Å². The van der Waals surface area contributed by atoms with Crippen LogP contribution in [0.25, 0.3) is 0 Å². The average molecular weight is 342 g/mol. The van der Waals surface area contributed by atoms with E-state index in [-0.39, 0.29) is 6.54 Å². The fourth-order valence-electron chi connectivity index (χ4n) is 2.58. The Hall–Kier alpha value is -1.40. The number of nitrogens with zero attached hydrogens (tertiary/aromatic N) is 1. The lowest BCUT2D eigenvalue weighted by atomic mass is 9.85. The van der Waals surface area contributed by atoms with E-state index < -0.39 is 23.8 Å². The normalized spacial score (nSPS) is 23.4. The van der Waals surface area contributed by atoms with Gasteiger partial charge < -0.3 is 10.2 Å². The molecular weight excluding hydrogens is 326 g/mol. The molecule has 108 valence electrons. The molecule has 0 saturated carbocycles. The summed E-state index contributed by atoms with van der Waals surface area (Å²) in [7, 11) is 0. The molecule has 0 aromatic heterocycles. The molecule has 2 rings (SSSR count). The maximum Gasteiger partial charge on any atom is 0.308 e. The maximum absolute atomic E-state index is 11.2. The molecule has 2 N–H and O–H groups in total. The van der Waals surface area contributed by atoms with Crippen LogP contribution in [0.15, 0.2) is 28.7 Å². The average Bonchev–Trinajstić information content (AvgIpc) is 2.41. The van der Waals surface area contributed by atoms with Crippen LogP contribution in [-0.2, 0) is 16.1 Å². The molecule has 0 amide bonds. The van der Waals surface area contributed by atoms with E-state index in [1.165, 1.54) is 0 Å². The second-order valence-corrected chi connectivity index (χ2v) is 5.86. The summed E-state index contributed by atoms with van der Waals surface area (Å²) in [4.78, 5) is 24.3. The molecule has 0 aliphatic carbocycles. The van der Waals surface area contributed by atoms with Crippen LogP contribution in [0.1, 0.15) is 12.0 Å². The molecule has 1 heterocycles. The van der Waals surface area contributed by atoms with Crippen LogP contribution < -0.4 is 0 Å². The molecule has 5 nitrogen and oxygen atoms in total. The fourth-order valence-corrected chi connectivity index (χ4v) is 2.99. The summed E-state index contributed by atoms with van der Waals surface area (Å²) in [5.74, 6) is -3.68. The van der Waals surface area contributed by atoms with Crippen molar-refractivity contribution < 1.29 is 19.8 Å². The van der Waals surface area contributed by atoms with Gasteiger partial charge in [0.1, 0.15) is 0 Å². The molecule has 0 bridgehead atoms. The molecule has 1 saturated heterocycles. The van der Waals surface area contributed by atoms with Crippen LogP contribution in [0.4, 0.5) is 0 Å². The van der Waals surface area contributed by atoms with E-state index in [1.54, 1.807) is 0 Å². The smallest absolute Gasteiger partial charge is 0.308 e. The minimum Gasteiger partial charge on any atom is -0.481 e. The van der Waals surface area contributed by atoms with E-state index in [9.17, 15) is 14.7 Å². The Kier molecular flexibility index (Phi) is 4.77. The van der Waals surface area contributed by atoms with Crippen molar-refractivity contribution in [2.24, 2.45) is 11.8 Å². The zero-order chi connectivity index (χ0) is 14.7. The highest BCUT2D eigenvalue weighted by Crippen LogP contribution is 2.27. The number of halogens is 1. The van der Waals surface area contributed by atoms with Crippen molar-refractivity contribution in [1.82, 2.24) is 4.90 Å². The third kappa shape index (κ3) is 3.37. The Labute approximate surface area is 125 Å². The number of carbonyl (C=O) groups is 2. The van der Waals surface area contributed by atoms with E-state index in [1.807, 2.05) is 29.2 Å². The number of piperidine rings is 1. The molecule has 0 spiro atoms. The Bertz CT molecular complexity index is 520. The minimum absolute atomic E-state index is 0.271. The van der Waals surface area contributed by atoms with E-state index in [4.69, 9.17) is 5.11 Å². The monoisotopic (exact) mass is 341 g/mol. The lowest BCUT2D eigenvalue weighted by Gasteiger charge is -2.34.